The van der Waals surface area contributed by atoms with E-state index < -0.39 is 97.5 Å². The fourth-order valence-electron chi connectivity index (χ4n) is 10.1. The van der Waals surface area contributed by atoms with Crippen LogP contribution in [0.3, 0.4) is 0 Å². The summed E-state index contributed by atoms with van der Waals surface area (Å²) in [6.45, 7) is 4.64. The summed E-state index contributed by atoms with van der Waals surface area (Å²) in [5.74, 6) is -2.22. The van der Waals surface area contributed by atoms with Crippen LogP contribution in [0.1, 0.15) is 323 Å². The lowest BCUT2D eigenvalue weighted by Gasteiger charge is -2.21. The van der Waals surface area contributed by atoms with Gasteiger partial charge >= 0.3 is 39.5 Å². The number of carbonyl (C=O) groups is 4. The molecule has 566 valence electrons. The van der Waals surface area contributed by atoms with Crippen LogP contribution in [0.15, 0.2) is 97.2 Å². The maximum atomic E-state index is 13.1. The van der Waals surface area contributed by atoms with E-state index in [1.54, 1.807) is 0 Å². The number of phosphoric acid groups is 2. The number of carbonyl (C=O) groups excluding carboxylic acids is 4. The highest BCUT2D eigenvalue weighted by Gasteiger charge is 2.30. The number of unbranched alkanes of at least 4 members (excludes halogenated alkanes) is 30. The van der Waals surface area contributed by atoms with Gasteiger partial charge in [-0.1, -0.05) is 253 Å². The van der Waals surface area contributed by atoms with E-state index >= 15 is 0 Å². The average Bonchev–Trinajstić information content (AvgIpc) is 1.94. The van der Waals surface area contributed by atoms with Gasteiger partial charge in [-0.3, -0.25) is 37.3 Å². The van der Waals surface area contributed by atoms with Gasteiger partial charge in [0.05, 0.1) is 26.4 Å². The highest BCUT2D eigenvalue weighted by atomic mass is 31.2. The van der Waals surface area contributed by atoms with E-state index in [0.29, 0.717) is 25.7 Å². The Labute approximate surface area is 595 Å². The largest absolute Gasteiger partial charge is 0.472 e. The molecule has 0 saturated carbocycles. The summed E-state index contributed by atoms with van der Waals surface area (Å²) in [5, 5.41) is 10.6. The zero-order valence-electron chi connectivity index (χ0n) is 61.7. The minimum Gasteiger partial charge on any atom is -0.462 e. The molecule has 0 radical (unpaired) electrons. The quantitative estimate of drug-likeness (QED) is 0.0169. The van der Waals surface area contributed by atoms with Crippen molar-refractivity contribution in [3.05, 3.63) is 97.2 Å². The molecule has 19 heteroatoms. The van der Waals surface area contributed by atoms with Gasteiger partial charge in [0.15, 0.2) is 12.2 Å². The summed E-state index contributed by atoms with van der Waals surface area (Å²) in [6.07, 6.45) is 74.0. The van der Waals surface area contributed by atoms with Crippen LogP contribution >= 0.6 is 15.6 Å². The molecule has 0 spiro atoms. The van der Waals surface area contributed by atoms with Crippen LogP contribution in [0.2, 0.25) is 0 Å². The van der Waals surface area contributed by atoms with Gasteiger partial charge in [0.1, 0.15) is 19.3 Å². The molecule has 0 aliphatic heterocycles. The first-order chi connectivity index (χ1) is 47.7. The molecule has 17 nitrogen and oxygen atoms in total. The van der Waals surface area contributed by atoms with Crippen molar-refractivity contribution in [3.8, 4) is 0 Å². The Balaban J connectivity index is 5.32. The zero-order chi connectivity index (χ0) is 71.8. The highest BCUT2D eigenvalue weighted by molar-refractivity contribution is 7.47. The number of hydrogen-bond donors (Lipinski definition) is 3. The second-order valence-electron chi connectivity index (χ2n) is 25.6. The predicted octanol–water partition coefficient (Wildman–Crippen LogP) is 22.0. The predicted molar refractivity (Wildman–Crippen MR) is 399 cm³/mol. The van der Waals surface area contributed by atoms with Gasteiger partial charge in [-0.2, -0.15) is 0 Å². The van der Waals surface area contributed by atoms with Crippen molar-refractivity contribution in [1.29, 1.82) is 0 Å². The van der Waals surface area contributed by atoms with Crippen molar-refractivity contribution in [2.45, 2.75) is 341 Å². The van der Waals surface area contributed by atoms with Crippen LogP contribution in [0.5, 0.6) is 0 Å². The van der Waals surface area contributed by atoms with Gasteiger partial charge in [-0.25, -0.2) is 9.13 Å². The molecule has 5 atom stereocenters. The summed E-state index contributed by atoms with van der Waals surface area (Å²) in [4.78, 5) is 72.8. The van der Waals surface area contributed by atoms with Gasteiger partial charge in [-0.05, 0) is 141 Å². The van der Waals surface area contributed by atoms with Crippen molar-refractivity contribution in [2.24, 2.45) is 0 Å². The Kier molecular flexibility index (Phi) is 68.4. The third kappa shape index (κ3) is 70.4. The van der Waals surface area contributed by atoms with E-state index in [1.807, 2.05) is 0 Å². The Morgan fingerprint density at radius 2 is 0.541 bits per heavy atom. The van der Waals surface area contributed by atoms with Gasteiger partial charge in [-0.15, -0.1) is 0 Å². The second kappa shape index (κ2) is 71.4. The van der Waals surface area contributed by atoms with Crippen LogP contribution < -0.4 is 0 Å². The summed E-state index contributed by atoms with van der Waals surface area (Å²) in [6, 6.07) is 0. The Morgan fingerprint density at radius 3 is 0.878 bits per heavy atom. The molecule has 0 rings (SSSR count). The Morgan fingerprint density at radius 1 is 0.296 bits per heavy atom. The van der Waals surface area contributed by atoms with E-state index in [9.17, 15) is 43.2 Å². The first kappa shape index (κ1) is 94.0. The van der Waals surface area contributed by atoms with Gasteiger partial charge in [0.2, 0.25) is 0 Å². The van der Waals surface area contributed by atoms with Gasteiger partial charge in [0, 0.05) is 25.7 Å². The number of ether oxygens (including phenoxy) is 4. The lowest BCUT2D eigenvalue weighted by molar-refractivity contribution is -0.161. The second-order valence-corrected chi connectivity index (χ2v) is 28.5. The molecule has 0 aliphatic rings. The van der Waals surface area contributed by atoms with Crippen LogP contribution in [-0.4, -0.2) is 96.7 Å². The maximum Gasteiger partial charge on any atom is 0.472 e. The molecule has 3 N–H and O–H groups in total. The fraction of sp³-hybridized carbons (Fsp3) is 0.747. The Hall–Kier alpha value is -4.02. The number of phosphoric ester groups is 2. The van der Waals surface area contributed by atoms with Crippen molar-refractivity contribution >= 4 is 39.5 Å². The molecule has 0 heterocycles. The van der Waals surface area contributed by atoms with Crippen LogP contribution in [-0.2, 0) is 65.4 Å². The molecule has 0 aliphatic carbocycles. The lowest BCUT2D eigenvalue weighted by Crippen LogP contribution is -2.30. The number of rotatable bonds is 72. The monoisotopic (exact) mass is 1420 g/mol. The molecular formula is C79H138O17P2. The first-order valence-electron chi connectivity index (χ1n) is 38.5. The van der Waals surface area contributed by atoms with E-state index in [1.165, 1.54) is 57.8 Å². The lowest BCUT2D eigenvalue weighted by atomic mass is 10.1. The third-order valence-corrected chi connectivity index (χ3v) is 17.9. The summed E-state index contributed by atoms with van der Waals surface area (Å²) in [7, 11) is -9.95. The van der Waals surface area contributed by atoms with Gasteiger partial charge in [0.25, 0.3) is 0 Å². The molecule has 0 saturated heterocycles. The molecule has 0 bridgehead atoms. The summed E-state index contributed by atoms with van der Waals surface area (Å²) in [5.41, 5.74) is 0. The molecule has 0 aromatic heterocycles. The van der Waals surface area contributed by atoms with E-state index in [-0.39, 0.29) is 25.7 Å². The Bertz CT molecular complexity index is 2240. The van der Waals surface area contributed by atoms with Crippen LogP contribution in [0.4, 0.5) is 0 Å². The van der Waals surface area contributed by atoms with E-state index in [0.717, 1.165) is 186 Å². The van der Waals surface area contributed by atoms with Crippen molar-refractivity contribution in [3.63, 3.8) is 0 Å². The average molecular weight is 1420 g/mol. The minimum absolute atomic E-state index is 0.0803. The van der Waals surface area contributed by atoms with Crippen molar-refractivity contribution in [1.82, 2.24) is 0 Å². The molecule has 98 heavy (non-hydrogen) atoms. The summed E-state index contributed by atoms with van der Waals surface area (Å²) >= 11 is 0. The normalized spacial score (nSPS) is 14.5. The van der Waals surface area contributed by atoms with Crippen molar-refractivity contribution in [2.75, 3.05) is 39.6 Å². The third-order valence-electron chi connectivity index (χ3n) is 16.0. The molecule has 0 amide bonds. The topological polar surface area (TPSA) is 237 Å². The standard InChI is InChI=1S/C79H138O17P2/c1-5-9-13-17-21-25-29-32-34-35-36-37-39-42-45-48-52-56-60-64-77(82)90-70-75(96-79(84)66-62-58-54-50-46-40-31-27-23-19-15-11-7-3)72-94-98(87,88)92-68-73(80)67-91-97(85,86)93-71-74(95-78(83)65-61-57-53-49-43-28-24-20-16-12-8-4)69-89-76(81)63-59-55-51-47-44-41-38-33-30-26-22-18-14-10-6-2/h10,14,20-22,24-27,31-34,36-38,73-75,80H,5-9,11-13,15-19,23,28-30,35,39-72H2,1-4H3,(H,85,86)(H,87,88)/b14-10-,24-20-,25-21-,26-22-,31-27-,34-32-,37-36-,38-33-. The number of esters is 4. The molecule has 0 fully saturated rings. The van der Waals surface area contributed by atoms with Crippen LogP contribution in [0, 0.1) is 0 Å². The van der Waals surface area contributed by atoms with Crippen LogP contribution in [0.25, 0.3) is 0 Å². The number of allylic oxidation sites excluding steroid dienone is 16. The minimum atomic E-state index is -4.98. The zero-order valence-corrected chi connectivity index (χ0v) is 63.5. The fourth-order valence-corrected chi connectivity index (χ4v) is 11.7. The first-order valence-corrected chi connectivity index (χ1v) is 41.5. The highest BCUT2D eigenvalue weighted by Crippen LogP contribution is 2.45. The number of aliphatic hydroxyl groups is 1. The smallest absolute Gasteiger partial charge is 0.462 e. The molecule has 0 aromatic carbocycles. The molecule has 5 unspecified atom stereocenters. The number of hydrogen-bond acceptors (Lipinski definition) is 15. The maximum absolute atomic E-state index is 13.1. The SMILES string of the molecule is CC/C=C\C/C=C\C/C=C\CCCCCCCC(=O)OCC(COP(=O)(O)OCC(O)COP(=O)(O)OCC(COC(=O)CCCCCCCC/C=C\C/C=C\C/C=C\CCCCC)OC(=O)CCCCCCC/C=C\CCCCCC)OC(=O)CCCCCCC/C=C\CCCC. The van der Waals surface area contributed by atoms with E-state index in [4.69, 9.17) is 37.0 Å². The van der Waals surface area contributed by atoms with E-state index in [2.05, 4.69) is 125 Å². The van der Waals surface area contributed by atoms with Crippen molar-refractivity contribution < 1.29 is 80.2 Å². The number of aliphatic hydroxyl groups excluding tert-OH is 1. The molecule has 0 aromatic rings. The van der Waals surface area contributed by atoms with Gasteiger partial charge < -0.3 is 33.8 Å². The summed E-state index contributed by atoms with van der Waals surface area (Å²) < 4.78 is 68.4. The molecular weight excluding hydrogens is 1280 g/mol.